The average molecular weight is 234 g/mol. The first-order valence-corrected chi connectivity index (χ1v) is 6.29. The molecule has 1 fully saturated rings. The van der Waals surface area contributed by atoms with E-state index in [0.29, 0.717) is 6.04 Å². The zero-order valence-electron chi connectivity index (χ0n) is 10.8. The molecule has 94 valence electrons. The molecule has 4 heteroatoms. The van der Waals surface area contributed by atoms with E-state index in [1.165, 1.54) is 12.1 Å². The Labute approximate surface area is 104 Å². The molecule has 4 nitrogen and oxygen atoms in total. The van der Waals surface area contributed by atoms with Gasteiger partial charge in [0.05, 0.1) is 11.9 Å². The van der Waals surface area contributed by atoms with Gasteiger partial charge in [-0.2, -0.15) is 0 Å². The number of piperazine rings is 1. The first-order chi connectivity index (χ1) is 8.25. The first kappa shape index (κ1) is 12.3. The van der Waals surface area contributed by atoms with E-state index in [1.54, 1.807) is 0 Å². The third-order valence-corrected chi connectivity index (χ3v) is 3.36. The zero-order chi connectivity index (χ0) is 12.1. The standard InChI is InChI=1S/C13H22N4/c1-16-9-7-15-12(11-16)5-8-17(2)13-4-3-6-14-10-13/h3-4,6,10,12,15H,5,7-9,11H2,1-2H3. The second kappa shape index (κ2) is 5.98. The number of anilines is 1. The molecule has 1 saturated heterocycles. The van der Waals surface area contributed by atoms with Crippen LogP contribution in [0.25, 0.3) is 0 Å². The van der Waals surface area contributed by atoms with Gasteiger partial charge < -0.3 is 15.1 Å². The van der Waals surface area contributed by atoms with Crippen LogP contribution in [0, 0.1) is 0 Å². The van der Waals surface area contributed by atoms with Crippen molar-refractivity contribution in [2.45, 2.75) is 12.5 Å². The highest BCUT2D eigenvalue weighted by Gasteiger charge is 2.16. The van der Waals surface area contributed by atoms with Crippen molar-refractivity contribution >= 4 is 5.69 Å². The van der Waals surface area contributed by atoms with Crippen molar-refractivity contribution in [2.75, 3.05) is 45.2 Å². The van der Waals surface area contributed by atoms with Crippen LogP contribution in [0.2, 0.25) is 0 Å². The van der Waals surface area contributed by atoms with Crippen LogP contribution in [0.15, 0.2) is 24.5 Å². The minimum Gasteiger partial charge on any atom is -0.373 e. The number of aromatic nitrogens is 1. The topological polar surface area (TPSA) is 31.4 Å². The predicted molar refractivity (Wildman–Crippen MR) is 71.4 cm³/mol. The van der Waals surface area contributed by atoms with Gasteiger partial charge in [0.25, 0.3) is 0 Å². The molecular formula is C13H22N4. The Morgan fingerprint density at radius 1 is 1.59 bits per heavy atom. The van der Waals surface area contributed by atoms with Crippen molar-refractivity contribution in [1.29, 1.82) is 0 Å². The summed E-state index contributed by atoms with van der Waals surface area (Å²) in [6.45, 7) is 4.49. The Hall–Kier alpha value is -1.13. The summed E-state index contributed by atoms with van der Waals surface area (Å²) >= 11 is 0. The monoisotopic (exact) mass is 234 g/mol. The minimum atomic E-state index is 0.618. The second-order valence-electron chi connectivity index (χ2n) is 4.83. The van der Waals surface area contributed by atoms with Crippen LogP contribution in [0.1, 0.15) is 6.42 Å². The molecule has 0 saturated carbocycles. The van der Waals surface area contributed by atoms with Crippen molar-refractivity contribution in [3.63, 3.8) is 0 Å². The van der Waals surface area contributed by atoms with E-state index in [1.807, 2.05) is 18.5 Å². The van der Waals surface area contributed by atoms with E-state index < -0.39 is 0 Å². The van der Waals surface area contributed by atoms with Crippen LogP contribution in [0.5, 0.6) is 0 Å². The van der Waals surface area contributed by atoms with Crippen molar-refractivity contribution in [1.82, 2.24) is 15.2 Å². The lowest BCUT2D eigenvalue weighted by atomic mass is 10.1. The molecule has 1 aliphatic rings. The maximum Gasteiger partial charge on any atom is 0.0550 e. The summed E-state index contributed by atoms with van der Waals surface area (Å²) in [6, 6.07) is 4.71. The summed E-state index contributed by atoms with van der Waals surface area (Å²) in [6.07, 6.45) is 4.91. The fourth-order valence-corrected chi connectivity index (χ4v) is 2.24. The summed E-state index contributed by atoms with van der Waals surface area (Å²) < 4.78 is 0. The normalized spacial score (nSPS) is 21.4. The molecule has 0 amide bonds. The van der Waals surface area contributed by atoms with E-state index in [-0.39, 0.29) is 0 Å². The van der Waals surface area contributed by atoms with Gasteiger partial charge in [-0.3, -0.25) is 4.98 Å². The highest BCUT2D eigenvalue weighted by Crippen LogP contribution is 2.10. The lowest BCUT2D eigenvalue weighted by molar-refractivity contribution is 0.233. The molecule has 1 aromatic rings. The van der Waals surface area contributed by atoms with E-state index in [9.17, 15) is 0 Å². The molecule has 0 bridgehead atoms. The molecule has 1 N–H and O–H groups in total. The largest absolute Gasteiger partial charge is 0.373 e. The third-order valence-electron chi connectivity index (χ3n) is 3.36. The zero-order valence-corrected chi connectivity index (χ0v) is 10.8. The van der Waals surface area contributed by atoms with Crippen molar-refractivity contribution < 1.29 is 0 Å². The van der Waals surface area contributed by atoms with Crippen molar-refractivity contribution in [2.24, 2.45) is 0 Å². The van der Waals surface area contributed by atoms with Gasteiger partial charge in [-0.15, -0.1) is 0 Å². The molecule has 1 aromatic heterocycles. The molecule has 0 aromatic carbocycles. The lowest BCUT2D eigenvalue weighted by Gasteiger charge is -2.32. The van der Waals surface area contributed by atoms with Crippen LogP contribution in [0.4, 0.5) is 5.69 Å². The molecule has 0 radical (unpaired) electrons. The number of hydrogen-bond donors (Lipinski definition) is 1. The SMILES string of the molecule is CN1CCNC(CCN(C)c2cccnc2)C1. The molecule has 2 heterocycles. The van der Waals surface area contributed by atoms with Gasteiger partial charge in [-0.05, 0) is 25.6 Å². The van der Waals surface area contributed by atoms with Gasteiger partial charge in [-0.1, -0.05) is 0 Å². The van der Waals surface area contributed by atoms with E-state index in [0.717, 1.165) is 26.2 Å². The van der Waals surface area contributed by atoms with Crippen LogP contribution in [-0.2, 0) is 0 Å². The predicted octanol–water partition coefficient (Wildman–Crippen LogP) is 0.811. The number of nitrogens with one attached hydrogen (secondary N) is 1. The number of nitrogens with zero attached hydrogens (tertiary/aromatic N) is 3. The molecule has 17 heavy (non-hydrogen) atoms. The quantitative estimate of drug-likeness (QED) is 0.835. The van der Waals surface area contributed by atoms with Gasteiger partial charge in [0, 0.05) is 45.5 Å². The Morgan fingerprint density at radius 3 is 3.18 bits per heavy atom. The first-order valence-electron chi connectivity index (χ1n) is 6.29. The van der Waals surface area contributed by atoms with Gasteiger partial charge in [-0.25, -0.2) is 0 Å². The van der Waals surface area contributed by atoms with E-state index in [4.69, 9.17) is 0 Å². The highest BCUT2D eigenvalue weighted by atomic mass is 15.2. The number of pyridine rings is 1. The summed E-state index contributed by atoms with van der Waals surface area (Å²) in [5.41, 5.74) is 1.19. The van der Waals surface area contributed by atoms with E-state index in [2.05, 4.69) is 40.3 Å². The molecule has 1 unspecified atom stereocenters. The summed E-state index contributed by atoms with van der Waals surface area (Å²) in [5.74, 6) is 0. The van der Waals surface area contributed by atoms with Gasteiger partial charge >= 0.3 is 0 Å². The molecule has 1 atom stereocenters. The fraction of sp³-hybridized carbons (Fsp3) is 0.615. The lowest BCUT2D eigenvalue weighted by Crippen LogP contribution is -2.49. The Balaban J connectivity index is 1.78. The maximum atomic E-state index is 4.15. The molecular weight excluding hydrogens is 212 g/mol. The van der Waals surface area contributed by atoms with Gasteiger partial charge in [0.2, 0.25) is 0 Å². The Morgan fingerprint density at radius 2 is 2.47 bits per heavy atom. The smallest absolute Gasteiger partial charge is 0.0550 e. The summed E-state index contributed by atoms with van der Waals surface area (Å²) in [7, 11) is 4.32. The molecule has 0 aliphatic carbocycles. The fourth-order valence-electron chi connectivity index (χ4n) is 2.24. The molecule has 1 aliphatic heterocycles. The minimum absolute atomic E-state index is 0.618. The van der Waals surface area contributed by atoms with Crippen molar-refractivity contribution in [3.05, 3.63) is 24.5 Å². The Kier molecular flexibility index (Phi) is 4.34. The third kappa shape index (κ3) is 3.68. The number of rotatable bonds is 4. The highest BCUT2D eigenvalue weighted by molar-refractivity contribution is 5.42. The molecule has 0 spiro atoms. The maximum absolute atomic E-state index is 4.15. The average Bonchev–Trinajstić information content (AvgIpc) is 2.37. The van der Waals surface area contributed by atoms with Gasteiger partial charge in [0.15, 0.2) is 0 Å². The van der Waals surface area contributed by atoms with Crippen LogP contribution in [-0.4, -0.2) is 56.2 Å². The number of hydrogen-bond acceptors (Lipinski definition) is 4. The van der Waals surface area contributed by atoms with Crippen molar-refractivity contribution in [3.8, 4) is 0 Å². The Bertz CT molecular complexity index is 327. The van der Waals surface area contributed by atoms with Crippen LogP contribution in [0.3, 0.4) is 0 Å². The number of likely N-dealkylation sites (N-methyl/N-ethyl adjacent to an activating group) is 1. The van der Waals surface area contributed by atoms with Crippen LogP contribution < -0.4 is 10.2 Å². The van der Waals surface area contributed by atoms with Gasteiger partial charge in [0.1, 0.15) is 0 Å². The summed E-state index contributed by atoms with van der Waals surface area (Å²) in [5, 5.41) is 3.57. The van der Waals surface area contributed by atoms with E-state index >= 15 is 0 Å². The molecule has 2 rings (SSSR count). The van der Waals surface area contributed by atoms with Crippen LogP contribution >= 0.6 is 0 Å². The summed E-state index contributed by atoms with van der Waals surface area (Å²) in [4.78, 5) is 8.81. The second-order valence-corrected chi connectivity index (χ2v) is 4.83.